The molecule has 0 saturated carbocycles. The van der Waals surface area contributed by atoms with E-state index in [0.717, 1.165) is 11.1 Å². The lowest BCUT2D eigenvalue weighted by atomic mass is 10.2. The van der Waals surface area contributed by atoms with E-state index in [0.29, 0.717) is 17.3 Å². The van der Waals surface area contributed by atoms with Crippen LogP contribution in [-0.2, 0) is 11.3 Å². The third-order valence-corrected chi connectivity index (χ3v) is 3.96. The van der Waals surface area contributed by atoms with Crippen LogP contribution in [0.1, 0.15) is 11.1 Å². The summed E-state index contributed by atoms with van der Waals surface area (Å²) in [5.74, 6) is 0.249. The maximum absolute atomic E-state index is 13.0. The average molecular weight is 374 g/mol. The highest BCUT2D eigenvalue weighted by molar-refractivity contribution is 6.33. The number of nitrogens with zero attached hydrogens (tertiary/aromatic N) is 2. The standard InChI is InChI=1S/C19H17ClFN3O2/c1-13-4-2-3-5-17(13)26-12-18(25)22-19-16(20)11-24(23-19)10-14-6-8-15(21)9-7-14/h2-9,11H,10,12H2,1H3,(H,22,23,25). The van der Waals surface area contributed by atoms with Crippen molar-refractivity contribution in [3.8, 4) is 5.75 Å². The Kier molecular flexibility index (Phi) is 5.53. The molecule has 3 aromatic rings. The zero-order chi connectivity index (χ0) is 18.5. The van der Waals surface area contributed by atoms with E-state index in [1.54, 1.807) is 29.1 Å². The number of carbonyl (C=O) groups excluding carboxylic acids is 1. The Hall–Kier alpha value is -2.86. The highest BCUT2D eigenvalue weighted by atomic mass is 35.5. The van der Waals surface area contributed by atoms with Gasteiger partial charge in [-0.15, -0.1) is 0 Å². The van der Waals surface area contributed by atoms with E-state index in [4.69, 9.17) is 16.3 Å². The molecule has 3 rings (SSSR count). The predicted octanol–water partition coefficient (Wildman–Crippen LogP) is 4.05. The molecule has 0 aliphatic rings. The highest BCUT2D eigenvalue weighted by Gasteiger charge is 2.12. The third kappa shape index (κ3) is 4.61. The maximum atomic E-state index is 13.0. The van der Waals surface area contributed by atoms with Crippen LogP contribution in [0.25, 0.3) is 0 Å². The number of hydrogen-bond acceptors (Lipinski definition) is 3. The summed E-state index contributed by atoms with van der Waals surface area (Å²) in [4.78, 5) is 12.1. The monoisotopic (exact) mass is 373 g/mol. The van der Waals surface area contributed by atoms with Crippen molar-refractivity contribution in [3.63, 3.8) is 0 Å². The van der Waals surface area contributed by atoms with E-state index in [1.165, 1.54) is 12.1 Å². The van der Waals surface area contributed by atoms with Crippen molar-refractivity contribution < 1.29 is 13.9 Å². The van der Waals surface area contributed by atoms with Gasteiger partial charge in [0.25, 0.3) is 5.91 Å². The van der Waals surface area contributed by atoms with Crippen LogP contribution in [0.3, 0.4) is 0 Å². The Balaban J connectivity index is 1.59. The zero-order valence-corrected chi connectivity index (χ0v) is 14.8. The Morgan fingerprint density at radius 3 is 2.69 bits per heavy atom. The van der Waals surface area contributed by atoms with Crippen molar-refractivity contribution in [2.75, 3.05) is 11.9 Å². The van der Waals surface area contributed by atoms with E-state index < -0.39 is 0 Å². The number of aromatic nitrogens is 2. The van der Waals surface area contributed by atoms with E-state index in [9.17, 15) is 9.18 Å². The van der Waals surface area contributed by atoms with Gasteiger partial charge < -0.3 is 10.1 Å². The molecule has 1 amide bonds. The van der Waals surface area contributed by atoms with Gasteiger partial charge in [0.15, 0.2) is 12.4 Å². The normalized spacial score (nSPS) is 10.6. The van der Waals surface area contributed by atoms with Gasteiger partial charge in [-0.2, -0.15) is 5.10 Å². The summed E-state index contributed by atoms with van der Waals surface area (Å²) >= 11 is 6.12. The number of nitrogens with one attached hydrogen (secondary N) is 1. The second-order valence-electron chi connectivity index (χ2n) is 5.75. The zero-order valence-electron chi connectivity index (χ0n) is 14.1. The summed E-state index contributed by atoms with van der Waals surface area (Å²) in [6, 6.07) is 13.5. The van der Waals surface area contributed by atoms with Crippen molar-refractivity contribution in [1.29, 1.82) is 0 Å². The van der Waals surface area contributed by atoms with Crippen molar-refractivity contribution in [3.05, 3.63) is 76.7 Å². The van der Waals surface area contributed by atoms with Gasteiger partial charge in [-0.25, -0.2) is 4.39 Å². The van der Waals surface area contributed by atoms with Crippen LogP contribution in [0.5, 0.6) is 5.75 Å². The van der Waals surface area contributed by atoms with Gasteiger partial charge in [-0.05, 0) is 36.2 Å². The Morgan fingerprint density at radius 2 is 1.96 bits per heavy atom. The molecule has 1 aromatic heterocycles. The first kappa shape index (κ1) is 17.9. The van der Waals surface area contributed by atoms with E-state index >= 15 is 0 Å². The summed E-state index contributed by atoms with van der Waals surface area (Å²) in [6.07, 6.45) is 1.60. The van der Waals surface area contributed by atoms with E-state index in [1.807, 2.05) is 25.1 Å². The molecule has 26 heavy (non-hydrogen) atoms. The average Bonchev–Trinajstić information content (AvgIpc) is 2.95. The summed E-state index contributed by atoms with van der Waals surface area (Å²) in [7, 11) is 0. The lowest BCUT2D eigenvalue weighted by Gasteiger charge is -2.08. The van der Waals surface area contributed by atoms with Gasteiger partial charge in [0.1, 0.15) is 16.6 Å². The molecule has 0 spiro atoms. The molecule has 0 unspecified atom stereocenters. The van der Waals surface area contributed by atoms with Gasteiger partial charge in [-0.3, -0.25) is 9.48 Å². The van der Waals surface area contributed by atoms with Gasteiger partial charge >= 0.3 is 0 Å². The number of amides is 1. The highest BCUT2D eigenvalue weighted by Crippen LogP contribution is 2.20. The van der Waals surface area contributed by atoms with E-state index in [2.05, 4.69) is 10.4 Å². The van der Waals surface area contributed by atoms with Gasteiger partial charge in [0.05, 0.1) is 6.54 Å². The first-order chi connectivity index (χ1) is 12.5. The molecule has 134 valence electrons. The summed E-state index contributed by atoms with van der Waals surface area (Å²) in [5, 5.41) is 7.19. The Morgan fingerprint density at radius 1 is 1.23 bits per heavy atom. The molecule has 7 heteroatoms. The van der Waals surface area contributed by atoms with Crippen LogP contribution in [0.2, 0.25) is 5.02 Å². The van der Waals surface area contributed by atoms with Crippen LogP contribution in [0, 0.1) is 12.7 Å². The SMILES string of the molecule is Cc1ccccc1OCC(=O)Nc1nn(Cc2ccc(F)cc2)cc1Cl. The Labute approximate surface area is 155 Å². The number of rotatable bonds is 6. The smallest absolute Gasteiger partial charge is 0.263 e. The van der Waals surface area contributed by atoms with Crippen LogP contribution in [-0.4, -0.2) is 22.3 Å². The largest absolute Gasteiger partial charge is 0.483 e. The summed E-state index contributed by atoms with van der Waals surface area (Å²) in [5.41, 5.74) is 1.81. The fourth-order valence-electron chi connectivity index (χ4n) is 2.37. The molecule has 1 heterocycles. The molecule has 0 fully saturated rings. The van der Waals surface area contributed by atoms with Crippen LogP contribution < -0.4 is 10.1 Å². The molecule has 0 bridgehead atoms. The number of para-hydroxylation sites is 1. The number of ether oxygens (including phenoxy) is 1. The predicted molar refractivity (Wildman–Crippen MR) is 98.0 cm³/mol. The molecule has 0 saturated heterocycles. The molecule has 0 atom stereocenters. The number of hydrogen-bond donors (Lipinski definition) is 1. The number of aryl methyl sites for hydroxylation is 1. The molecule has 0 radical (unpaired) electrons. The van der Waals surface area contributed by atoms with Crippen molar-refractivity contribution in [2.24, 2.45) is 0 Å². The van der Waals surface area contributed by atoms with Crippen molar-refractivity contribution >= 4 is 23.3 Å². The first-order valence-corrected chi connectivity index (χ1v) is 8.35. The maximum Gasteiger partial charge on any atom is 0.263 e. The molecule has 5 nitrogen and oxygen atoms in total. The lowest BCUT2D eigenvalue weighted by molar-refractivity contribution is -0.118. The molecule has 2 aromatic carbocycles. The molecule has 1 N–H and O–H groups in total. The number of anilines is 1. The molecular formula is C19H17ClFN3O2. The number of benzene rings is 2. The first-order valence-electron chi connectivity index (χ1n) is 7.97. The van der Waals surface area contributed by atoms with Gasteiger partial charge in [0, 0.05) is 6.20 Å². The fraction of sp³-hybridized carbons (Fsp3) is 0.158. The van der Waals surface area contributed by atoms with Gasteiger partial charge in [-0.1, -0.05) is 41.9 Å². The summed E-state index contributed by atoms with van der Waals surface area (Å²) < 4.78 is 20.0. The number of carbonyl (C=O) groups is 1. The second kappa shape index (κ2) is 8.01. The van der Waals surface area contributed by atoms with Gasteiger partial charge in [0.2, 0.25) is 0 Å². The number of halogens is 2. The molecule has 0 aliphatic heterocycles. The van der Waals surface area contributed by atoms with Crippen molar-refractivity contribution in [2.45, 2.75) is 13.5 Å². The Bertz CT molecular complexity index is 909. The van der Waals surface area contributed by atoms with Crippen LogP contribution in [0.15, 0.2) is 54.7 Å². The van der Waals surface area contributed by atoms with Crippen LogP contribution >= 0.6 is 11.6 Å². The topological polar surface area (TPSA) is 56.1 Å². The van der Waals surface area contributed by atoms with Crippen LogP contribution in [0.4, 0.5) is 10.2 Å². The third-order valence-electron chi connectivity index (χ3n) is 3.69. The molecule has 0 aliphatic carbocycles. The molecular weight excluding hydrogens is 357 g/mol. The second-order valence-corrected chi connectivity index (χ2v) is 6.16. The minimum Gasteiger partial charge on any atom is -0.483 e. The van der Waals surface area contributed by atoms with E-state index in [-0.39, 0.29) is 24.1 Å². The summed E-state index contributed by atoms with van der Waals surface area (Å²) in [6.45, 7) is 2.17. The fourth-order valence-corrected chi connectivity index (χ4v) is 2.57. The minimum atomic E-state index is -0.359. The lowest BCUT2D eigenvalue weighted by Crippen LogP contribution is -2.21. The quantitative estimate of drug-likeness (QED) is 0.709. The van der Waals surface area contributed by atoms with Crippen molar-refractivity contribution in [1.82, 2.24) is 9.78 Å². The minimum absolute atomic E-state index is 0.147.